The highest BCUT2D eigenvalue weighted by Crippen LogP contribution is 2.18. The summed E-state index contributed by atoms with van der Waals surface area (Å²) >= 11 is 0. The molecule has 0 aromatic carbocycles. The van der Waals surface area contributed by atoms with Crippen LogP contribution in [0.2, 0.25) is 0 Å². The highest BCUT2D eigenvalue weighted by Gasteiger charge is 2.40. The molecular weight excluding hydrogens is 152 g/mol. The van der Waals surface area contributed by atoms with Crippen LogP contribution < -0.4 is 0 Å². The van der Waals surface area contributed by atoms with E-state index in [0.717, 1.165) is 0 Å². The molecule has 5 heteroatoms. The number of rotatable bonds is 0. The lowest BCUT2D eigenvalue weighted by Crippen LogP contribution is -2.56. The molecule has 0 aromatic rings. The van der Waals surface area contributed by atoms with Crippen LogP contribution in [0.3, 0.4) is 0 Å². The van der Waals surface area contributed by atoms with E-state index < -0.39 is 30.7 Å². The second-order valence-electron chi connectivity index (χ2n) is 2.70. The first-order valence-corrected chi connectivity index (χ1v) is 3.41. The van der Waals surface area contributed by atoms with E-state index in [4.69, 9.17) is 20.4 Å². The van der Waals surface area contributed by atoms with Crippen LogP contribution in [-0.4, -0.2) is 51.1 Å². The molecular formula is C6H12O5. The Bertz CT molecular complexity index is 125. The van der Waals surface area contributed by atoms with Gasteiger partial charge in [0.05, 0.1) is 6.10 Å². The average Bonchev–Trinajstić information content (AvgIpc) is 1.97. The van der Waals surface area contributed by atoms with Gasteiger partial charge in [0.2, 0.25) is 0 Å². The smallest absolute Gasteiger partial charge is 0.183 e. The van der Waals surface area contributed by atoms with Crippen LogP contribution >= 0.6 is 0 Å². The van der Waals surface area contributed by atoms with Gasteiger partial charge in [-0.25, -0.2) is 0 Å². The first-order valence-electron chi connectivity index (χ1n) is 3.41. The Morgan fingerprint density at radius 2 is 1.45 bits per heavy atom. The summed E-state index contributed by atoms with van der Waals surface area (Å²) < 4.78 is 4.68. The summed E-state index contributed by atoms with van der Waals surface area (Å²) in [4.78, 5) is 0. The van der Waals surface area contributed by atoms with Gasteiger partial charge >= 0.3 is 0 Å². The van der Waals surface area contributed by atoms with Crippen molar-refractivity contribution in [3.05, 3.63) is 0 Å². The van der Waals surface area contributed by atoms with E-state index in [1.54, 1.807) is 0 Å². The first kappa shape index (κ1) is 8.89. The summed E-state index contributed by atoms with van der Waals surface area (Å²) in [6.07, 6.45) is -5.99. The molecule has 0 aromatic heterocycles. The van der Waals surface area contributed by atoms with Gasteiger partial charge < -0.3 is 25.2 Å². The molecule has 0 aliphatic carbocycles. The second-order valence-corrected chi connectivity index (χ2v) is 2.70. The molecule has 1 saturated heterocycles. The van der Waals surface area contributed by atoms with Gasteiger partial charge in [-0.2, -0.15) is 0 Å². The molecule has 0 radical (unpaired) electrons. The van der Waals surface area contributed by atoms with Crippen molar-refractivity contribution in [3.8, 4) is 0 Å². The Labute approximate surface area is 63.8 Å². The number of hydrogen-bond acceptors (Lipinski definition) is 5. The van der Waals surface area contributed by atoms with Crippen molar-refractivity contribution in [2.24, 2.45) is 0 Å². The normalized spacial score (nSPS) is 52.6. The van der Waals surface area contributed by atoms with Crippen LogP contribution in [0.5, 0.6) is 0 Å². The van der Waals surface area contributed by atoms with Gasteiger partial charge in [-0.3, -0.25) is 0 Å². The van der Waals surface area contributed by atoms with Gasteiger partial charge in [-0.15, -0.1) is 0 Å². The van der Waals surface area contributed by atoms with Crippen molar-refractivity contribution in [2.45, 2.75) is 37.6 Å². The van der Waals surface area contributed by atoms with E-state index in [1.165, 1.54) is 6.92 Å². The fourth-order valence-electron chi connectivity index (χ4n) is 1.03. The standard InChI is InChI=1S/C6H12O5/c1-2-3(7)4(8)5(9)6(10)11-2/h2-10H,1H3/t2?,3-,4?,5?,6+/m0/s1. The van der Waals surface area contributed by atoms with Gasteiger partial charge in [0.1, 0.15) is 18.3 Å². The maximum Gasteiger partial charge on any atom is 0.183 e. The number of aliphatic hydroxyl groups excluding tert-OH is 4. The van der Waals surface area contributed by atoms with E-state index in [0.29, 0.717) is 0 Å². The number of hydrogen-bond donors (Lipinski definition) is 4. The molecule has 3 unspecified atom stereocenters. The van der Waals surface area contributed by atoms with Gasteiger partial charge in [-0.1, -0.05) is 0 Å². The van der Waals surface area contributed by atoms with Crippen LogP contribution in [0.4, 0.5) is 0 Å². The molecule has 1 fully saturated rings. The third-order valence-electron chi connectivity index (χ3n) is 1.83. The number of aliphatic hydroxyl groups is 4. The molecule has 0 amide bonds. The van der Waals surface area contributed by atoms with E-state index in [9.17, 15) is 0 Å². The maximum absolute atomic E-state index is 9.09. The molecule has 4 N–H and O–H groups in total. The first-order chi connectivity index (χ1) is 5.04. The van der Waals surface area contributed by atoms with Crippen LogP contribution in [-0.2, 0) is 4.74 Å². The van der Waals surface area contributed by atoms with E-state index in [-0.39, 0.29) is 0 Å². The minimum absolute atomic E-state index is 0.664. The topological polar surface area (TPSA) is 90.2 Å². The summed E-state index contributed by atoms with van der Waals surface area (Å²) in [5, 5.41) is 36.0. The van der Waals surface area contributed by atoms with Crippen molar-refractivity contribution < 1.29 is 25.2 Å². The van der Waals surface area contributed by atoms with Crippen LogP contribution in [0, 0.1) is 0 Å². The largest absolute Gasteiger partial charge is 0.388 e. The average molecular weight is 164 g/mol. The Hall–Kier alpha value is -0.200. The van der Waals surface area contributed by atoms with Crippen LogP contribution in [0.25, 0.3) is 0 Å². The van der Waals surface area contributed by atoms with Crippen molar-refractivity contribution in [2.75, 3.05) is 0 Å². The van der Waals surface area contributed by atoms with E-state index in [2.05, 4.69) is 4.74 Å². The van der Waals surface area contributed by atoms with Crippen molar-refractivity contribution in [1.82, 2.24) is 0 Å². The lowest BCUT2D eigenvalue weighted by molar-refractivity contribution is -0.277. The third kappa shape index (κ3) is 1.52. The zero-order valence-electron chi connectivity index (χ0n) is 6.08. The molecule has 0 saturated carbocycles. The summed E-state index contributed by atoms with van der Waals surface area (Å²) in [6.45, 7) is 1.50. The van der Waals surface area contributed by atoms with Gasteiger partial charge in [0, 0.05) is 0 Å². The minimum atomic E-state index is -1.43. The highest BCUT2D eigenvalue weighted by atomic mass is 16.6. The van der Waals surface area contributed by atoms with E-state index in [1.807, 2.05) is 0 Å². The Balaban J connectivity index is 2.63. The summed E-state index contributed by atoms with van der Waals surface area (Å²) in [7, 11) is 0. The SMILES string of the molecule is CC1O[C@@H](O)C(O)C(O)[C@H]1O. The molecule has 5 nitrogen and oxygen atoms in total. The van der Waals surface area contributed by atoms with Crippen molar-refractivity contribution in [3.63, 3.8) is 0 Å². The molecule has 1 rings (SSSR count). The third-order valence-corrected chi connectivity index (χ3v) is 1.83. The van der Waals surface area contributed by atoms with Gasteiger partial charge in [-0.05, 0) is 6.92 Å². The summed E-state index contributed by atoms with van der Waals surface area (Å²) in [5.41, 5.74) is 0. The monoisotopic (exact) mass is 164 g/mol. The molecule has 5 atom stereocenters. The fraction of sp³-hybridized carbons (Fsp3) is 1.00. The molecule has 1 aliphatic rings. The van der Waals surface area contributed by atoms with Crippen LogP contribution in [0.1, 0.15) is 6.92 Å². The lowest BCUT2D eigenvalue weighted by Gasteiger charge is -2.36. The predicted molar refractivity (Wildman–Crippen MR) is 34.6 cm³/mol. The lowest BCUT2D eigenvalue weighted by atomic mass is 10.0. The zero-order valence-corrected chi connectivity index (χ0v) is 6.08. The quantitative estimate of drug-likeness (QED) is 0.326. The van der Waals surface area contributed by atoms with Gasteiger partial charge in [0.25, 0.3) is 0 Å². The Morgan fingerprint density at radius 3 is 2.00 bits per heavy atom. The fourth-order valence-corrected chi connectivity index (χ4v) is 1.03. The molecule has 0 bridgehead atoms. The molecule has 1 aliphatic heterocycles. The Kier molecular flexibility index (Phi) is 2.46. The zero-order chi connectivity index (χ0) is 8.59. The second kappa shape index (κ2) is 3.04. The molecule has 1 heterocycles. The van der Waals surface area contributed by atoms with Crippen molar-refractivity contribution >= 4 is 0 Å². The number of ether oxygens (including phenoxy) is 1. The highest BCUT2D eigenvalue weighted by molar-refractivity contribution is 4.86. The van der Waals surface area contributed by atoms with Gasteiger partial charge in [0.15, 0.2) is 6.29 Å². The molecule has 66 valence electrons. The summed E-state index contributed by atoms with van der Waals surface area (Å²) in [6, 6.07) is 0. The van der Waals surface area contributed by atoms with Crippen LogP contribution in [0.15, 0.2) is 0 Å². The van der Waals surface area contributed by atoms with E-state index >= 15 is 0 Å². The summed E-state index contributed by atoms with van der Waals surface area (Å²) in [5.74, 6) is 0. The predicted octanol–water partition coefficient (Wildman–Crippen LogP) is -2.19. The maximum atomic E-state index is 9.09. The van der Waals surface area contributed by atoms with Crippen molar-refractivity contribution in [1.29, 1.82) is 0 Å². The minimum Gasteiger partial charge on any atom is -0.388 e. The Morgan fingerprint density at radius 1 is 0.909 bits per heavy atom. The molecule has 11 heavy (non-hydrogen) atoms. The molecule has 0 spiro atoms.